The summed E-state index contributed by atoms with van der Waals surface area (Å²) < 4.78 is 10.8. The molecular formula is C10H9BrN2O2. The molecule has 0 unspecified atom stereocenters. The average molecular weight is 269 g/mol. The molecule has 0 aliphatic carbocycles. The van der Waals surface area contributed by atoms with Gasteiger partial charge in [-0.1, -0.05) is 0 Å². The van der Waals surface area contributed by atoms with Crippen molar-refractivity contribution in [1.82, 2.24) is 9.97 Å². The number of fused-ring (bicyclic) bond motifs is 1. The van der Waals surface area contributed by atoms with E-state index in [-0.39, 0.29) is 6.79 Å². The van der Waals surface area contributed by atoms with Crippen LogP contribution in [0.2, 0.25) is 0 Å². The average Bonchev–Trinajstić information content (AvgIpc) is 2.26. The van der Waals surface area contributed by atoms with Crippen LogP contribution in [-0.4, -0.2) is 23.9 Å². The lowest BCUT2D eigenvalue weighted by molar-refractivity contribution is 0.0510. The zero-order valence-electron chi connectivity index (χ0n) is 8.11. The predicted octanol–water partition coefficient (Wildman–Crippen LogP) is 2.38. The molecule has 0 saturated carbocycles. The number of hydrogen-bond acceptors (Lipinski definition) is 4. The minimum Gasteiger partial charge on any atom is -0.466 e. The van der Waals surface area contributed by atoms with E-state index in [1.54, 1.807) is 19.5 Å². The molecule has 0 amide bonds. The number of hydrogen-bond donors (Lipinski definition) is 0. The van der Waals surface area contributed by atoms with Gasteiger partial charge in [0, 0.05) is 18.7 Å². The fourth-order valence-corrected chi connectivity index (χ4v) is 1.66. The molecule has 2 heterocycles. The maximum atomic E-state index is 5.28. The van der Waals surface area contributed by atoms with Gasteiger partial charge in [-0.05, 0) is 28.1 Å². The van der Waals surface area contributed by atoms with Crippen LogP contribution >= 0.6 is 15.9 Å². The van der Waals surface area contributed by atoms with E-state index < -0.39 is 0 Å². The van der Waals surface area contributed by atoms with E-state index in [2.05, 4.69) is 25.9 Å². The van der Waals surface area contributed by atoms with Crippen molar-refractivity contribution in [2.75, 3.05) is 13.9 Å². The molecule has 0 atom stereocenters. The number of nitrogens with zero attached hydrogens (tertiary/aromatic N) is 2. The summed E-state index contributed by atoms with van der Waals surface area (Å²) in [7, 11) is 1.58. The van der Waals surface area contributed by atoms with Gasteiger partial charge in [0.15, 0.2) is 6.79 Å². The van der Waals surface area contributed by atoms with Gasteiger partial charge in [0.2, 0.25) is 0 Å². The number of ether oxygens (including phenoxy) is 2. The molecule has 5 heteroatoms. The van der Waals surface area contributed by atoms with E-state index in [4.69, 9.17) is 9.47 Å². The molecule has 0 aromatic carbocycles. The van der Waals surface area contributed by atoms with Crippen LogP contribution in [0, 0.1) is 0 Å². The molecule has 2 aromatic heterocycles. The molecule has 0 bridgehead atoms. The highest BCUT2D eigenvalue weighted by molar-refractivity contribution is 9.10. The van der Waals surface area contributed by atoms with Crippen molar-refractivity contribution in [3.8, 4) is 5.75 Å². The highest BCUT2D eigenvalue weighted by atomic mass is 79.9. The van der Waals surface area contributed by atoms with Crippen molar-refractivity contribution >= 4 is 26.8 Å². The number of aromatic nitrogens is 2. The van der Waals surface area contributed by atoms with E-state index in [0.29, 0.717) is 5.75 Å². The predicted molar refractivity (Wildman–Crippen MR) is 59.7 cm³/mol. The highest BCUT2D eigenvalue weighted by Gasteiger charge is 2.02. The van der Waals surface area contributed by atoms with E-state index in [1.807, 2.05) is 12.1 Å². The minimum absolute atomic E-state index is 0.222. The van der Waals surface area contributed by atoms with Crippen molar-refractivity contribution in [3.63, 3.8) is 0 Å². The van der Waals surface area contributed by atoms with Gasteiger partial charge in [-0.25, -0.2) is 9.97 Å². The Morgan fingerprint density at radius 2 is 2.27 bits per heavy atom. The molecule has 0 radical (unpaired) electrons. The van der Waals surface area contributed by atoms with E-state index in [1.165, 1.54) is 0 Å². The standard InChI is InChI=1S/C10H9BrN2O2/c1-14-6-15-8-4-7-2-3-12-10(11)9(7)13-5-8/h2-5H,6H2,1H3. The van der Waals surface area contributed by atoms with Crippen LogP contribution in [0.4, 0.5) is 0 Å². The van der Waals surface area contributed by atoms with E-state index >= 15 is 0 Å². The first kappa shape index (κ1) is 10.3. The lowest BCUT2D eigenvalue weighted by Crippen LogP contribution is -1.99. The number of halogens is 1. The smallest absolute Gasteiger partial charge is 0.188 e. The lowest BCUT2D eigenvalue weighted by atomic mass is 10.2. The van der Waals surface area contributed by atoms with Crippen LogP contribution in [0.25, 0.3) is 10.9 Å². The third-order valence-corrected chi connectivity index (χ3v) is 2.45. The first-order valence-corrected chi connectivity index (χ1v) is 5.12. The second-order valence-electron chi connectivity index (χ2n) is 2.90. The van der Waals surface area contributed by atoms with Gasteiger partial charge in [-0.15, -0.1) is 0 Å². The maximum Gasteiger partial charge on any atom is 0.188 e. The van der Waals surface area contributed by atoms with Crippen LogP contribution in [0.1, 0.15) is 0 Å². The van der Waals surface area contributed by atoms with Gasteiger partial charge < -0.3 is 9.47 Å². The number of methoxy groups -OCH3 is 1. The van der Waals surface area contributed by atoms with E-state index in [0.717, 1.165) is 15.5 Å². The van der Waals surface area contributed by atoms with Gasteiger partial charge in [0.25, 0.3) is 0 Å². The molecule has 0 aliphatic rings. The van der Waals surface area contributed by atoms with Crippen molar-refractivity contribution in [1.29, 1.82) is 0 Å². The monoisotopic (exact) mass is 268 g/mol. The van der Waals surface area contributed by atoms with Gasteiger partial charge in [-0.2, -0.15) is 0 Å². The van der Waals surface area contributed by atoms with Crippen LogP contribution in [0.5, 0.6) is 5.75 Å². The van der Waals surface area contributed by atoms with Crippen molar-refractivity contribution < 1.29 is 9.47 Å². The molecule has 0 spiro atoms. The Kier molecular flexibility index (Phi) is 3.13. The van der Waals surface area contributed by atoms with Gasteiger partial charge in [0.1, 0.15) is 15.9 Å². The molecule has 2 rings (SSSR count). The fourth-order valence-electron chi connectivity index (χ4n) is 1.21. The van der Waals surface area contributed by atoms with Gasteiger partial charge in [0.05, 0.1) is 6.20 Å². The summed E-state index contributed by atoms with van der Waals surface area (Å²) in [6.07, 6.45) is 3.36. The zero-order chi connectivity index (χ0) is 10.7. The van der Waals surface area contributed by atoms with Gasteiger partial charge >= 0.3 is 0 Å². The SMILES string of the molecule is COCOc1cnc2c(Br)nccc2c1. The second-order valence-corrected chi connectivity index (χ2v) is 3.65. The summed E-state index contributed by atoms with van der Waals surface area (Å²) in [4.78, 5) is 8.33. The van der Waals surface area contributed by atoms with Crippen molar-refractivity contribution in [3.05, 3.63) is 29.1 Å². The Balaban J connectivity index is 2.39. The van der Waals surface area contributed by atoms with Gasteiger partial charge in [-0.3, -0.25) is 0 Å². The molecule has 15 heavy (non-hydrogen) atoms. The topological polar surface area (TPSA) is 44.2 Å². The Hall–Kier alpha value is -1.20. The van der Waals surface area contributed by atoms with Crippen LogP contribution < -0.4 is 4.74 Å². The first-order valence-electron chi connectivity index (χ1n) is 4.33. The summed E-state index contributed by atoms with van der Waals surface area (Å²) in [5, 5.41) is 0.977. The number of pyridine rings is 2. The molecule has 0 saturated heterocycles. The summed E-state index contributed by atoms with van der Waals surface area (Å²) in [6, 6.07) is 3.78. The third kappa shape index (κ3) is 2.24. The van der Waals surface area contributed by atoms with Crippen LogP contribution in [0.3, 0.4) is 0 Å². The van der Waals surface area contributed by atoms with Crippen molar-refractivity contribution in [2.24, 2.45) is 0 Å². The molecule has 2 aromatic rings. The molecule has 0 N–H and O–H groups in total. The van der Waals surface area contributed by atoms with Crippen LogP contribution in [0.15, 0.2) is 29.1 Å². The minimum atomic E-state index is 0.222. The molecule has 4 nitrogen and oxygen atoms in total. The Morgan fingerprint density at radius 1 is 1.40 bits per heavy atom. The Bertz CT molecular complexity index is 476. The zero-order valence-corrected chi connectivity index (χ0v) is 9.69. The summed E-state index contributed by atoms with van der Waals surface area (Å²) >= 11 is 3.33. The Morgan fingerprint density at radius 3 is 3.07 bits per heavy atom. The lowest BCUT2D eigenvalue weighted by Gasteiger charge is -2.05. The summed E-state index contributed by atoms with van der Waals surface area (Å²) in [5.74, 6) is 0.683. The highest BCUT2D eigenvalue weighted by Crippen LogP contribution is 2.22. The summed E-state index contributed by atoms with van der Waals surface area (Å²) in [5.41, 5.74) is 0.822. The summed E-state index contributed by atoms with van der Waals surface area (Å²) in [6.45, 7) is 0.222. The third-order valence-electron chi connectivity index (χ3n) is 1.87. The molecular weight excluding hydrogens is 260 g/mol. The van der Waals surface area contributed by atoms with Crippen molar-refractivity contribution in [2.45, 2.75) is 0 Å². The molecule has 0 aliphatic heterocycles. The fraction of sp³-hybridized carbons (Fsp3) is 0.200. The molecule has 78 valence electrons. The first-order chi connectivity index (χ1) is 7.31. The quantitative estimate of drug-likeness (QED) is 0.633. The maximum absolute atomic E-state index is 5.28. The number of rotatable bonds is 3. The normalized spacial score (nSPS) is 10.5. The largest absolute Gasteiger partial charge is 0.466 e. The van der Waals surface area contributed by atoms with Crippen LogP contribution in [-0.2, 0) is 4.74 Å². The van der Waals surface area contributed by atoms with E-state index in [9.17, 15) is 0 Å². The molecule has 0 fully saturated rings. The second kappa shape index (κ2) is 4.55. The Labute approximate surface area is 95.4 Å².